The van der Waals surface area contributed by atoms with Gasteiger partial charge in [-0.3, -0.25) is 0 Å². The van der Waals surface area contributed by atoms with Gasteiger partial charge in [0.15, 0.2) is 5.82 Å². The van der Waals surface area contributed by atoms with Crippen LogP contribution in [0.15, 0.2) is 18.2 Å². The van der Waals surface area contributed by atoms with Gasteiger partial charge in [-0.05, 0) is 69.8 Å². The zero-order chi connectivity index (χ0) is 21.4. The number of nitrogens with zero attached hydrogens (tertiary/aromatic N) is 4. The molecular formula is C22H28Cl3N5. The van der Waals surface area contributed by atoms with Crippen LogP contribution in [0.25, 0.3) is 0 Å². The summed E-state index contributed by atoms with van der Waals surface area (Å²) in [4.78, 5) is 14.1. The summed E-state index contributed by atoms with van der Waals surface area (Å²) in [6, 6.07) is 5.43. The molecule has 0 saturated carbocycles. The van der Waals surface area contributed by atoms with E-state index in [9.17, 15) is 0 Å². The van der Waals surface area contributed by atoms with Gasteiger partial charge in [-0.2, -0.15) is 4.98 Å². The summed E-state index contributed by atoms with van der Waals surface area (Å²) in [5.74, 6) is 2.88. The van der Waals surface area contributed by atoms with Crippen molar-refractivity contribution in [2.75, 3.05) is 43.4 Å². The van der Waals surface area contributed by atoms with Crippen LogP contribution in [0.1, 0.15) is 37.1 Å². The zero-order valence-corrected chi connectivity index (χ0v) is 19.9. The van der Waals surface area contributed by atoms with Gasteiger partial charge in [0.25, 0.3) is 0 Å². The zero-order valence-electron chi connectivity index (χ0n) is 17.6. The monoisotopic (exact) mass is 467 g/mol. The summed E-state index contributed by atoms with van der Waals surface area (Å²) < 4.78 is 0. The third-order valence-corrected chi connectivity index (χ3v) is 7.32. The summed E-state index contributed by atoms with van der Waals surface area (Å²) in [5, 5.41) is 5.19. The molecule has 162 valence electrons. The van der Waals surface area contributed by atoms with Gasteiger partial charge in [-0.25, -0.2) is 4.98 Å². The minimum absolute atomic E-state index is 0.0728. The summed E-state index contributed by atoms with van der Waals surface area (Å²) in [7, 11) is 2.22. The van der Waals surface area contributed by atoms with Crippen LogP contribution < -0.4 is 10.2 Å². The number of nitrogens with one attached hydrogen (secondary N) is 1. The van der Waals surface area contributed by atoms with E-state index in [0.29, 0.717) is 20.9 Å². The number of rotatable bonds is 5. The average Bonchev–Trinajstić information content (AvgIpc) is 2.64. The average molecular weight is 469 g/mol. The summed E-state index contributed by atoms with van der Waals surface area (Å²) in [6.45, 7) is 8.39. The first kappa shape index (κ1) is 21.9. The van der Waals surface area contributed by atoms with E-state index in [-0.39, 0.29) is 6.04 Å². The van der Waals surface area contributed by atoms with Crippen molar-refractivity contribution in [1.29, 1.82) is 0 Å². The molecule has 1 N–H and O–H groups in total. The van der Waals surface area contributed by atoms with Gasteiger partial charge in [0.05, 0.1) is 11.7 Å². The van der Waals surface area contributed by atoms with Gasteiger partial charge < -0.3 is 15.1 Å². The molecule has 1 aromatic carbocycles. The fraction of sp³-hybridized carbons (Fsp3) is 0.545. The number of aromatic nitrogens is 2. The molecule has 0 amide bonds. The molecule has 1 aromatic heterocycles. The molecule has 0 spiro atoms. The molecule has 3 heterocycles. The van der Waals surface area contributed by atoms with Crippen LogP contribution in [-0.2, 0) is 0 Å². The van der Waals surface area contributed by atoms with Crippen molar-refractivity contribution in [3.63, 3.8) is 0 Å². The highest BCUT2D eigenvalue weighted by molar-refractivity contribution is 6.35. The molecule has 5 nitrogen and oxygen atoms in total. The Balaban J connectivity index is 1.46. The molecule has 8 heteroatoms. The first-order chi connectivity index (χ1) is 14.3. The maximum absolute atomic E-state index is 6.53. The molecule has 2 fully saturated rings. The van der Waals surface area contributed by atoms with Crippen molar-refractivity contribution in [3.05, 3.63) is 44.5 Å². The maximum Gasteiger partial charge on any atom is 0.227 e. The predicted molar refractivity (Wildman–Crippen MR) is 126 cm³/mol. The third-order valence-electron chi connectivity index (χ3n) is 6.31. The lowest BCUT2D eigenvalue weighted by molar-refractivity contribution is 0.140. The number of piperidine rings is 1. The minimum Gasteiger partial charge on any atom is -0.362 e. The van der Waals surface area contributed by atoms with Crippen molar-refractivity contribution in [2.24, 2.45) is 11.8 Å². The van der Waals surface area contributed by atoms with Gasteiger partial charge in [0, 0.05) is 29.7 Å². The highest BCUT2D eigenvalue weighted by Crippen LogP contribution is 2.35. The molecule has 0 bridgehead atoms. The Labute approximate surface area is 193 Å². The standard InChI is InChI=1S/C22H28Cl3N5/c1-13(18-7-6-17(23)9-19(18)24)26-21-20(25)14(2)27-22(28-21)30-11-16(12-30)15-5-4-8-29(3)10-15/h6-7,9,13,15-16H,4-5,8,10-12H2,1-3H3,(H,26,27,28)/t13-,15+/m1/s1. The highest BCUT2D eigenvalue weighted by Gasteiger charge is 2.36. The lowest BCUT2D eigenvalue weighted by atomic mass is 9.81. The molecule has 4 rings (SSSR count). The Morgan fingerprint density at radius 1 is 1.10 bits per heavy atom. The van der Waals surface area contributed by atoms with Gasteiger partial charge in [0.1, 0.15) is 5.02 Å². The molecule has 0 radical (unpaired) electrons. The first-order valence-electron chi connectivity index (χ1n) is 10.5. The lowest BCUT2D eigenvalue weighted by Crippen LogP contribution is -2.53. The molecule has 2 atom stereocenters. The first-order valence-corrected chi connectivity index (χ1v) is 11.6. The molecule has 2 saturated heterocycles. The fourth-order valence-electron chi connectivity index (χ4n) is 4.48. The predicted octanol–water partition coefficient (Wildman–Crippen LogP) is 5.70. The van der Waals surface area contributed by atoms with Crippen molar-refractivity contribution in [2.45, 2.75) is 32.7 Å². The van der Waals surface area contributed by atoms with Crippen LogP contribution >= 0.6 is 34.8 Å². The summed E-state index contributed by atoms with van der Waals surface area (Å²) in [5.41, 5.74) is 1.72. The lowest BCUT2D eigenvalue weighted by Gasteiger charge is -2.46. The van der Waals surface area contributed by atoms with Crippen molar-refractivity contribution in [3.8, 4) is 0 Å². The van der Waals surface area contributed by atoms with Gasteiger partial charge >= 0.3 is 0 Å². The Morgan fingerprint density at radius 3 is 2.57 bits per heavy atom. The van der Waals surface area contributed by atoms with E-state index in [0.717, 1.165) is 42.1 Å². The van der Waals surface area contributed by atoms with Crippen LogP contribution in [0.5, 0.6) is 0 Å². The molecular weight excluding hydrogens is 441 g/mol. The Kier molecular flexibility index (Phi) is 6.64. The minimum atomic E-state index is -0.0728. The second-order valence-corrected chi connectivity index (χ2v) is 9.85. The van der Waals surface area contributed by atoms with E-state index < -0.39 is 0 Å². The third kappa shape index (κ3) is 4.64. The van der Waals surface area contributed by atoms with Crippen molar-refractivity contribution >= 4 is 46.6 Å². The molecule has 0 unspecified atom stereocenters. The Morgan fingerprint density at radius 2 is 1.87 bits per heavy atom. The van der Waals surface area contributed by atoms with Crippen LogP contribution in [0.4, 0.5) is 11.8 Å². The number of aryl methyl sites for hydroxylation is 1. The smallest absolute Gasteiger partial charge is 0.227 e. The number of anilines is 2. The van der Waals surface area contributed by atoms with Crippen molar-refractivity contribution < 1.29 is 0 Å². The quantitative estimate of drug-likeness (QED) is 0.610. The van der Waals surface area contributed by atoms with E-state index in [1.54, 1.807) is 6.07 Å². The van der Waals surface area contributed by atoms with Crippen LogP contribution in [0.2, 0.25) is 15.1 Å². The normalized spacial score (nSPS) is 21.4. The van der Waals surface area contributed by atoms with E-state index >= 15 is 0 Å². The van der Waals surface area contributed by atoms with Crippen molar-refractivity contribution in [1.82, 2.24) is 14.9 Å². The van der Waals surface area contributed by atoms with E-state index in [1.807, 2.05) is 26.0 Å². The van der Waals surface area contributed by atoms with Gasteiger partial charge in [-0.1, -0.05) is 40.9 Å². The van der Waals surface area contributed by atoms with Gasteiger partial charge in [-0.15, -0.1) is 0 Å². The summed E-state index contributed by atoms with van der Waals surface area (Å²) in [6.07, 6.45) is 2.63. The van der Waals surface area contributed by atoms with Crippen LogP contribution in [0.3, 0.4) is 0 Å². The molecule has 0 aliphatic carbocycles. The SMILES string of the molecule is Cc1nc(N2CC([C@H]3CCCN(C)C3)C2)nc(N[C@H](C)c2ccc(Cl)cc2Cl)c1Cl. The topological polar surface area (TPSA) is 44.3 Å². The second kappa shape index (κ2) is 9.07. The number of hydrogen-bond donors (Lipinski definition) is 1. The highest BCUT2D eigenvalue weighted by atomic mass is 35.5. The maximum atomic E-state index is 6.53. The van der Waals surface area contributed by atoms with Crippen LogP contribution in [-0.4, -0.2) is 48.1 Å². The Hall–Kier alpha value is -1.27. The second-order valence-electron chi connectivity index (χ2n) is 8.63. The number of likely N-dealkylation sites (tertiary alicyclic amines) is 1. The number of benzene rings is 1. The molecule has 2 aliphatic rings. The van der Waals surface area contributed by atoms with E-state index in [1.165, 1.54) is 25.9 Å². The molecule has 2 aliphatic heterocycles. The largest absolute Gasteiger partial charge is 0.362 e. The number of halogens is 3. The molecule has 2 aromatic rings. The molecule has 30 heavy (non-hydrogen) atoms. The van der Waals surface area contributed by atoms with Crippen LogP contribution in [0, 0.1) is 18.8 Å². The fourth-order valence-corrected chi connectivity index (χ4v) is 5.19. The van der Waals surface area contributed by atoms with Gasteiger partial charge in [0.2, 0.25) is 5.95 Å². The van der Waals surface area contributed by atoms with E-state index in [4.69, 9.17) is 39.8 Å². The Bertz CT molecular complexity index is 916. The number of hydrogen-bond acceptors (Lipinski definition) is 5. The summed E-state index contributed by atoms with van der Waals surface area (Å²) >= 11 is 18.9. The van der Waals surface area contributed by atoms with E-state index in [2.05, 4.69) is 27.1 Å².